The van der Waals surface area contributed by atoms with Crippen LogP contribution < -0.4 is 0 Å². The van der Waals surface area contributed by atoms with Crippen molar-refractivity contribution >= 4 is 16.8 Å². The maximum atomic E-state index is 11.9. The molecule has 4 nitrogen and oxygen atoms in total. The summed E-state index contributed by atoms with van der Waals surface area (Å²) in [4.78, 5) is 13.6. The molecule has 4 heteroatoms. The first-order valence-corrected chi connectivity index (χ1v) is 6.08. The third-order valence-electron chi connectivity index (χ3n) is 3.22. The number of hydrogen-bond acceptors (Lipinski definition) is 2. The van der Waals surface area contributed by atoms with Crippen LogP contribution in [0.3, 0.4) is 0 Å². The molecule has 0 aliphatic heterocycles. The Morgan fingerprint density at radius 2 is 2.17 bits per heavy atom. The van der Waals surface area contributed by atoms with E-state index in [4.69, 9.17) is 5.11 Å². The van der Waals surface area contributed by atoms with Crippen LogP contribution in [0.2, 0.25) is 0 Å². The quantitative estimate of drug-likeness (QED) is 0.891. The second kappa shape index (κ2) is 5.23. The van der Waals surface area contributed by atoms with Gasteiger partial charge in [-0.15, -0.1) is 0 Å². The Morgan fingerprint density at radius 3 is 2.83 bits per heavy atom. The summed E-state index contributed by atoms with van der Waals surface area (Å²) in [5.41, 5.74) is 1.90. The molecule has 0 radical (unpaired) electrons. The molecule has 1 aromatic heterocycles. The van der Waals surface area contributed by atoms with E-state index in [9.17, 15) is 4.79 Å². The lowest BCUT2D eigenvalue weighted by atomic mass is 10.2. The van der Waals surface area contributed by atoms with E-state index in [0.29, 0.717) is 13.1 Å². The van der Waals surface area contributed by atoms with E-state index in [1.807, 2.05) is 42.0 Å². The largest absolute Gasteiger partial charge is 0.392 e. The Hall–Kier alpha value is -1.81. The number of nitrogens with zero attached hydrogens (tertiary/aromatic N) is 2. The summed E-state index contributed by atoms with van der Waals surface area (Å²) >= 11 is 0. The lowest BCUT2D eigenvalue weighted by Gasteiger charge is -2.15. The second-order valence-electron chi connectivity index (χ2n) is 4.40. The van der Waals surface area contributed by atoms with Crippen molar-refractivity contribution in [2.45, 2.75) is 20.1 Å². The number of carbonyl (C=O) groups is 1. The molecule has 0 spiro atoms. The number of fused-ring (bicyclic) bond motifs is 1. The lowest BCUT2D eigenvalue weighted by Crippen LogP contribution is -2.29. The van der Waals surface area contributed by atoms with Crippen LogP contribution in [0.5, 0.6) is 0 Å². The number of aromatic nitrogens is 1. The van der Waals surface area contributed by atoms with Crippen molar-refractivity contribution in [2.24, 2.45) is 0 Å². The van der Waals surface area contributed by atoms with E-state index in [2.05, 4.69) is 0 Å². The Labute approximate surface area is 106 Å². The minimum absolute atomic E-state index is 0.0403. The number of aliphatic hydroxyl groups excluding tert-OH is 1. The van der Waals surface area contributed by atoms with Gasteiger partial charge >= 0.3 is 0 Å². The predicted octanol–water partition coefficient (Wildman–Crippen LogP) is 1.61. The summed E-state index contributed by atoms with van der Waals surface area (Å²) < 4.78 is 1.94. The Kier molecular flexibility index (Phi) is 3.67. The molecule has 1 amide bonds. The van der Waals surface area contributed by atoms with Crippen molar-refractivity contribution in [1.29, 1.82) is 0 Å². The van der Waals surface area contributed by atoms with Gasteiger partial charge in [0.25, 0.3) is 0 Å². The zero-order valence-corrected chi connectivity index (χ0v) is 10.8. The average molecular weight is 246 g/mol. The van der Waals surface area contributed by atoms with Crippen molar-refractivity contribution in [3.8, 4) is 0 Å². The van der Waals surface area contributed by atoms with Gasteiger partial charge in [-0.1, -0.05) is 6.07 Å². The van der Waals surface area contributed by atoms with Crippen LogP contribution in [0.1, 0.15) is 12.5 Å². The highest BCUT2D eigenvalue weighted by molar-refractivity contribution is 5.83. The van der Waals surface area contributed by atoms with Gasteiger partial charge in [-0.05, 0) is 36.1 Å². The molecule has 2 rings (SSSR count). The molecule has 0 aliphatic carbocycles. The van der Waals surface area contributed by atoms with E-state index in [0.717, 1.165) is 16.5 Å². The molecule has 18 heavy (non-hydrogen) atoms. The van der Waals surface area contributed by atoms with Crippen LogP contribution in [0.25, 0.3) is 10.9 Å². The topological polar surface area (TPSA) is 45.5 Å². The highest BCUT2D eigenvalue weighted by Gasteiger charge is 2.09. The molecule has 1 heterocycles. The van der Waals surface area contributed by atoms with Crippen molar-refractivity contribution in [3.63, 3.8) is 0 Å². The van der Waals surface area contributed by atoms with Crippen LogP contribution in [-0.4, -0.2) is 34.1 Å². The fraction of sp³-hybridized carbons (Fsp3) is 0.357. The number of benzene rings is 1. The molecule has 1 aromatic carbocycles. The first kappa shape index (κ1) is 12.6. The van der Waals surface area contributed by atoms with Crippen molar-refractivity contribution in [1.82, 2.24) is 9.47 Å². The maximum Gasteiger partial charge on any atom is 0.242 e. The van der Waals surface area contributed by atoms with Gasteiger partial charge in [0, 0.05) is 25.3 Å². The third-order valence-corrected chi connectivity index (χ3v) is 3.22. The van der Waals surface area contributed by atoms with Crippen LogP contribution in [-0.2, 0) is 17.9 Å². The first-order chi connectivity index (χ1) is 8.65. The molecular formula is C14H18N2O2. The highest BCUT2D eigenvalue weighted by atomic mass is 16.3. The Bertz CT molecular complexity index is 560. The molecule has 0 aliphatic rings. The van der Waals surface area contributed by atoms with Gasteiger partial charge in [0.2, 0.25) is 5.91 Å². The normalized spacial score (nSPS) is 10.8. The van der Waals surface area contributed by atoms with E-state index < -0.39 is 0 Å². The van der Waals surface area contributed by atoms with E-state index >= 15 is 0 Å². The molecule has 2 aromatic rings. The monoisotopic (exact) mass is 246 g/mol. The van der Waals surface area contributed by atoms with Gasteiger partial charge in [-0.3, -0.25) is 4.79 Å². The fourth-order valence-corrected chi connectivity index (χ4v) is 1.93. The van der Waals surface area contributed by atoms with E-state index in [1.54, 1.807) is 11.9 Å². The summed E-state index contributed by atoms with van der Waals surface area (Å²) in [5, 5.41) is 10.1. The molecular weight excluding hydrogens is 228 g/mol. The van der Waals surface area contributed by atoms with Crippen LogP contribution >= 0.6 is 0 Å². The SMILES string of the molecule is CCN(C)C(=O)Cn1ccc2cc(CO)ccc21. The van der Waals surface area contributed by atoms with Crippen molar-refractivity contribution in [3.05, 3.63) is 36.0 Å². The van der Waals surface area contributed by atoms with E-state index in [1.165, 1.54) is 0 Å². The molecule has 0 saturated heterocycles. The van der Waals surface area contributed by atoms with Gasteiger partial charge in [-0.25, -0.2) is 0 Å². The molecule has 1 N–H and O–H groups in total. The van der Waals surface area contributed by atoms with Gasteiger partial charge in [-0.2, -0.15) is 0 Å². The molecule has 96 valence electrons. The standard InChI is InChI=1S/C14H18N2O2/c1-3-15(2)14(18)9-16-7-6-12-8-11(10-17)4-5-13(12)16/h4-8,17H,3,9-10H2,1-2H3. The number of carbonyl (C=O) groups excluding carboxylic acids is 1. The van der Waals surface area contributed by atoms with Crippen molar-refractivity contribution in [2.75, 3.05) is 13.6 Å². The van der Waals surface area contributed by atoms with Gasteiger partial charge in [0.15, 0.2) is 0 Å². The molecule has 0 unspecified atom stereocenters. The zero-order valence-electron chi connectivity index (χ0n) is 10.8. The molecule has 0 atom stereocenters. The summed E-state index contributed by atoms with van der Waals surface area (Å²) in [6, 6.07) is 7.74. The van der Waals surface area contributed by atoms with Gasteiger partial charge < -0.3 is 14.6 Å². The third kappa shape index (κ3) is 2.38. The Balaban J connectivity index is 2.27. The van der Waals surface area contributed by atoms with Gasteiger partial charge in [0.1, 0.15) is 6.54 Å². The summed E-state index contributed by atoms with van der Waals surface area (Å²) in [5.74, 6) is 0.0984. The number of hydrogen-bond donors (Lipinski definition) is 1. The predicted molar refractivity (Wildman–Crippen MR) is 71.2 cm³/mol. The highest BCUT2D eigenvalue weighted by Crippen LogP contribution is 2.18. The summed E-state index contributed by atoms with van der Waals surface area (Å²) in [7, 11) is 1.80. The number of aliphatic hydroxyl groups is 1. The first-order valence-electron chi connectivity index (χ1n) is 6.08. The van der Waals surface area contributed by atoms with Gasteiger partial charge in [0.05, 0.1) is 6.61 Å². The molecule has 0 bridgehead atoms. The Morgan fingerprint density at radius 1 is 1.39 bits per heavy atom. The number of likely N-dealkylation sites (N-methyl/N-ethyl adjacent to an activating group) is 1. The fourth-order valence-electron chi connectivity index (χ4n) is 1.93. The van der Waals surface area contributed by atoms with Crippen LogP contribution in [0, 0.1) is 0 Å². The average Bonchev–Trinajstić information content (AvgIpc) is 2.80. The summed E-state index contributed by atoms with van der Waals surface area (Å²) in [6.45, 7) is 3.07. The summed E-state index contributed by atoms with van der Waals surface area (Å²) in [6.07, 6.45) is 1.91. The van der Waals surface area contributed by atoms with Crippen molar-refractivity contribution < 1.29 is 9.90 Å². The van der Waals surface area contributed by atoms with Crippen LogP contribution in [0.4, 0.5) is 0 Å². The van der Waals surface area contributed by atoms with Crippen LogP contribution in [0.15, 0.2) is 30.5 Å². The minimum atomic E-state index is 0.0403. The molecule has 0 fully saturated rings. The maximum absolute atomic E-state index is 11.9. The second-order valence-corrected chi connectivity index (χ2v) is 4.40. The zero-order chi connectivity index (χ0) is 13.1. The smallest absolute Gasteiger partial charge is 0.242 e. The number of amides is 1. The molecule has 0 saturated carbocycles. The van der Waals surface area contributed by atoms with E-state index in [-0.39, 0.29) is 12.5 Å². The number of rotatable bonds is 4. The minimum Gasteiger partial charge on any atom is -0.392 e. The lowest BCUT2D eigenvalue weighted by molar-refractivity contribution is -0.130.